The lowest BCUT2D eigenvalue weighted by Crippen LogP contribution is -2.70. The predicted octanol–water partition coefficient (Wildman–Crippen LogP) is 4.80. The van der Waals surface area contributed by atoms with Gasteiger partial charge in [-0.2, -0.15) is 0 Å². The Balaban J connectivity index is 1.63. The first-order valence-electron chi connectivity index (χ1n) is 13.0. The second-order valence-corrected chi connectivity index (χ2v) is 12.6. The third-order valence-corrected chi connectivity index (χ3v) is 11.1. The van der Waals surface area contributed by atoms with E-state index in [-0.39, 0.29) is 30.0 Å². The molecule has 2 unspecified atom stereocenters. The van der Waals surface area contributed by atoms with Gasteiger partial charge in [-0.3, -0.25) is 4.79 Å². The minimum absolute atomic E-state index is 0.00214. The molecule has 9 heteroatoms. The molecule has 38 heavy (non-hydrogen) atoms. The van der Waals surface area contributed by atoms with Gasteiger partial charge in [-0.25, -0.2) is 14.0 Å². The first-order valence-corrected chi connectivity index (χ1v) is 13.4. The van der Waals surface area contributed by atoms with Crippen LogP contribution in [0.25, 0.3) is 0 Å². The van der Waals surface area contributed by atoms with Gasteiger partial charge in [0.15, 0.2) is 5.78 Å². The quantitative estimate of drug-likeness (QED) is 0.427. The minimum Gasteiger partial charge on any atom is -0.466 e. The molecule has 3 saturated carbocycles. The largest absolute Gasteiger partial charge is 0.466 e. The molecule has 0 aliphatic heterocycles. The van der Waals surface area contributed by atoms with Crippen molar-refractivity contribution < 1.29 is 37.8 Å². The molecule has 0 spiro atoms. The Hall–Kier alpha value is -2.45. The van der Waals surface area contributed by atoms with Crippen molar-refractivity contribution in [3.63, 3.8) is 0 Å². The molecule has 7 nitrogen and oxygen atoms in total. The predicted molar refractivity (Wildman–Crippen MR) is 136 cm³/mol. The Kier molecular flexibility index (Phi) is 6.08. The van der Waals surface area contributed by atoms with Crippen LogP contribution in [-0.4, -0.2) is 52.7 Å². The highest BCUT2D eigenvalue weighted by Crippen LogP contribution is 2.72. The number of esters is 2. The first kappa shape index (κ1) is 27.1. The van der Waals surface area contributed by atoms with Crippen molar-refractivity contribution in [2.45, 2.75) is 76.6 Å². The highest BCUT2D eigenvalue weighted by molar-refractivity contribution is 6.26. The van der Waals surface area contributed by atoms with Crippen molar-refractivity contribution >= 4 is 29.3 Å². The van der Waals surface area contributed by atoms with E-state index < -0.39 is 63.3 Å². The van der Waals surface area contributed by atoms with Crippen LogP contribution in [0.1, 0.15) is 61.9 Å². The number of aliphatic hydroxyl groups is 1. The molecule has 1 aromatic heterocycles. The number of aryl methyl sites for hydroxylation is 2. The summed E-state index contributed by atoms with van der Waals surface area (Å²) in [6.45, 7) is 8.78. The van der Waals surface area contributed by atoms with Gasteiger partial charge < -0.3 is 19.0 Å². The zero-order valence-corrected chi connectivity index (χ0v) is 23.2. The molecule has 1 heterocycles. The first-order chi connectivity index (χ1) is 17.7. The number of carbonyl (C=O) groups excluding carboxylic acids is 3. The van der Waals surface area contributed by atoms with E-state index in [4.69, 9.17) is 25.5 Å². The van der Waals surface area contributed by atoms with Gasteiger partial charge >= 0.3 is 11.9 Å². The van der Waals surface area contributed by atoms with Crippen LogP contribution in [0, 0.1) is 42.4 Å². The lowest BCUT2D eigenvalue weighted by molar-refractivity contribution is -0.199. The fraction of sp³-hybridized carbons (Fsp3) is 0.621. The number of carbonyl (C=O) groups is 3. The summed E-state index contributed by atoms with van der Waals surface area (Å²) in [5.41, 5.74) is -3.18. The van der Waals surface area contributed by atoms with Crippen LogP contribution in [0.2, 0.25) is 0 Å². The molecule has 0 amide bonds. The number of hydrogen-bond donors (Lipinski definition) is 1. The highest BCUT2D eigenvalue weighted by atomic mass is 35.5. The zero-order chi connectivity index (χ0) is 28.0. The Morgan fingerprint density at radius 2 is 1.89 bits per heavy atom. The Bertz CT molecular complexity index is 1280. The Labute approximate surface area is 226 Å². The van der Waals surface area contributed by atoms with E-state index in [9.17, 15) is 19.5 Å². The Morgan fingerprint density at radius 1 is 1.21 bits per heavy atom. The second kappa shape index (κ2) is 8.52. The van der Waals surface area contributed by atoms with Crippen LogP contribution >= 0.6 is 11.6 Å². The molecule has 4 aliphatic rings. The van der Waals surface area contributed by atoms with Gasteiger partial charge in [-0.05, 0) is 68.7 Å². The minimum atomic E-state index is -1.77. The summed E-state index contributed by atoms with van der Waals surface area (Å²) < 4.78 is 32.7. The average molecular weight is 549 g/mol. The van der Waals surface area contributed by atoms with Crippen molar-refractivity contribution in [1.82, 2.24) is 0 Å². The number of methoxy groups -OCH3 is 1. The van der Waals surface area contributed by atoms with E-state index in [1.807, 2.05) is 0 Å². The van der Waals surface area contributed by atoms with Gasteiger partial charge in [0.2, 0.25) is 11.4 Å². The van der Waals surface area contributed by atoms with E-state index in [1.54, 1.807) is 46.8 Å². The maximum absolute atomic E-state index is 15.8. The van der Waals surface area contributed by atoms with Crippen molar-refractivity contribution in [2.75, 3.05) is 7.11 Å². The number of alkyl halides is 2. The molecule has 1 N–H and O–H groups in total. The summed E-state index contributed by atoms with van der Waals surface area (Å²) in [6, 6.07) is 1.70. The molecule has 0 saturated heterocycles. The van der Waals surface area contributed by atoms with Crippen LogP contribution in [0.3, 0.4) is 0 Å². The maximum atomic E-state index is 15.8. The monoisotopic (exact) mass is 548 g/mol. The molecule has 3 fully saturated rings. The summed E-state index contributed by atoms with van der Waals surface area (Å²) >= 11 is 7.40. The SMILES string of the molecule is COC(=O)[C@@]1(OC(=O)c2oc(C)cc2C)[C@@H](C)CC2C3C[C@H](F)C4=CC(=O)C=C[C@]4(C)[C@@]3(Cl)[C@@H](O)C[C@@]21C. The average Bonchev–Trinajstić information content (AvgIpc) is 3.30. The summed E-state index contributed by atoms with van der Waals surface area (Å²) in [6.07, 6.45) is 1.96. The van der Waals surface area contributed by atoms with Crippen LogP contribution in [0.15, 0.2) is 34.3 Å². The molecule has 5 rings (SSSR count). The van der Waals surface area contributed by atoms with Gasteiger partial charge in [0.25, 0.3) is 0 Å². The number of fused-ring (bicyclic) bond motifs is 5. The number of rotatable bonds is 3. The molecule has 1 aromatic rings. The van der Waals surface area contributed by atoms with E-state index in [0.717, 1.165) is 0 Å². The van der Waals surface area contributed by atoms with E-state index in [0.29, 0.717) is 17.7 Å². The van der Waals surface area contributed by atoms with Gasteiger partial charge in [-0.1, -0.05) is 26.8 Å². The van der Waals surface area contributed by atoms with Crippen LogP contribution in [0.4, 0.5) is 4.39 Å². The number of allylic oxidation sites excluding steroid dienone is 4. The Morgan fingerprint density at radius 3 is 2.50 bits per heavy atom. The topological polar surface area (TPSA) is 103 Å². The zero-order valence-electron chi connectivity index (χ0n) is 22.5. The number of halogens is 2. The normalized spacial score (nSPS) is 43.6. The van der Waals surface area contributed by atoms with Gasteiger partial charge in [0.05, 0.1) is 18.1 Å². The number of ether oxygens (including phenoxy) is 2. The molecule has 4 aliphatic carbocycles. The van der Waals surface area contributed by atoms with Crippen molar-refractivity contribution in [3.8, 4) is 0 Å². The van der Waals surface area contributed by atoms with E-state index in [1.165, 1.54) is 19.3 Å². The molecular formula is C29H34ClFO7. The van der Waals surface area contributed by atoms with E-state index >= 15 is 4.39 Å². The summed E-state index contributed by atoms with van der Waals surface area (Å²) in [7, 11) is 1.23. The summed E-state index contributed by atoms with van der Waals surface area (Å²) in [4.78, 5) is 37.9. The summed E-state index contributed by atoms with van der Waals surface area (Å²) in [5, 5.41) is 11.8. The van der Waals surface area contributed by atoms with E-state index in [2.05, 4.69) is 0 Å². The fourth-order valence-electron chi connectivity index (χ4n) is 8.41. The molecule has 206 valence electrons. The summed E-state index contributed by atoms with van der Waals surface area (Å²) in [5.74, 6) is -2.84. The lowest BCUT2D eigenvalue weighted by Gasteiger charge is -2.64. The smallest absolute Gasteiger partial charge is 0.375 e. The number of aliphatic hydroxyl groups excluding tert-OH is 1. The van der Waals surface area contributed by atoms with Gasteiger partial charge in [0.1, 0.15) is 11.9 Å². The second-order valence-electron chi connectivity index (χ2n) is 12.0. The number of ketones is 1. The molecule has 0 aromatic carbocycles. The van der Waals surface area contributed by atoms with Crippen LogP contribution < -0.4 is 0 Å². The highest BCUT2D eigenvalue weighted by Gasteiger charge is 2.78. The molecule has 0 radical (unpaired) electrons. The van der Waals surface area contributed by atoms with Gasteiger partial charge in [-0.15, -0.1) is 11.6 Å². The standard InChI is InChI=1S/C29H34ClFO7/c1-14-9-16(3)37-23(14)24(34)38-29(25(35)36-6)15(2)10-18-19-12-21(31)20-11-17(32)7-8-26(20,4)28(19,30)22(33)13-27(18,29)5/h7-9,11,15,18-19,21-22,33H,10,12-13H2,1-6H3/t15-,18?,19?,21-,22-,26-,27-,28-,29-/m0/s1. The molecule has 0 bridgehead atoms. The number of furan rings is 1. The maximum Gasteiger partial charge on any atom is 0.375 e. The van der Waals surface area contributed by atoms with Crippen molar-refractivity contribution in [3.05, 3.63) is 47.0 Å². The molecule has 9 atom stereocenters. The van der Waals surface area contributed by atoms with Crippen molar-refractivity contribution in [2.24, 2.45) is 28.6 Å². The van der Waals surface area contributed by atoms with Crippen LogP contribution in [-0.2, 0) is 19.1 Å². The van der Waals surface area contributed by atoms with Gasteiger partial charge in [0, 0.05) is 22.3 Å². The molecular weight excluding hydrogens is 515 g/mol. The fourth-order valence-corrected chi connectivity index (χ4v) is 8.90. The lowest BCUT2D eigenvalue weighted by atomic mass is 9.45. The van der Waals surface area contributed by atoms with Crippen LogP contribution in [0.5, 0.6) is 0 Å². The third-order valence-electron chi connectivity index (χ3n) is 10.1. The third kappa shape index (κ3) is 3.19. The number of hydrogen-bond acceptors (Lipinski definition) is 7. The van der Waals surface area contributed by atoms with Crippen molar-refractivity contribution in [1.29, 1.82) is 0 Å².